The summed E-state index contributed by atoms with van der Waals surface area (Å²) < 4.78 is 4.77. The van der Waals surface area contributed by atoms with Crippen molar-refractivity contribution in [3.63, 3.8) is 0 Å². The summed E-state index contributed by atoms with van der Waals surface area (Å²) in [7, 11) is 1.31. The average molecular weight is 367 g/mol. The van der Waals surface area contributed by atoms with Gasteiger partial charge in [-0.15, -0.1) is 11.3 Å². The molecule has 8 heteroatoms. The molecule has 0 radical (unpaired) electrons. The topological polar surface area (TPSA) is 79.8 Å². The number of hydrogen-bond donors (Lipinski definition) is 0. The fourth-order valence-corrected chi connectivity index (χ4v) is 3.72. The van der Waals surface area contributed by atoms with E-state index in [1.165, 1.54) is 23.3 Å². The maximum absolute atomic E-state index is 12.7. The number of nitrogens with zero attached hydrogens (tertiary/aromatic N) is 3. The lowest BCUT2D eigenvalue weighted by molar-refractivity contribution is -0.150. The van der Waals surface area contributed by atoms with Crippen LogP contribution < -0.4 is 4.90 Å². The summed E-state index contributed by atoms with van der Waals surface area (Å²) in [5, 5.41) is 2.07. The lowest BCUT2D eigenvalue weighted by Gasteiger charge is -2.32. The molecule has 7 nitrogen and oxygen atoms in total. The first kappa shape index (κ1) is 19.4. The molecule has 0 aliphatic carbocycles. The molecule has 0 spiro atoms. The Morgan fingerprint density at radius 3 is 2.80 bits per heavy atom. The van der Waals surface area contributed by atoms with Gasteiger partial charge in [-0.1, -0.05) is 0 Å². The van der Waals surface area contributed by atoms with Gasteiger partial charge in [0, 0.05) is 24.5 Å². The standard InChI is InChI=1S/C17H25N3O4S/c1-12-7-5-6-8-20(12)14(22)13-9-25-16(18-13)19(11-21)10-17(2,3)15(23)24-4/h9,11-12H,5-8,10H2,1-4H3/t12-/m0/s1. The molecule has 1 saturated heterocycles. The van der Waals surface area contributed by atoms with E-state index in [0.717, 1.165) is 25.8 Å². The Hall–Kier alpha value is -1.96. The fourth-order valence-electron chi connectivity index (χ4n) is 2.96. The molecule has 1 fully saturated rings. The zero-order valence-corrected chi connectivity index (χ0v) is 16.0. The minimum absolute atomic E-state index is 0.104. The highest BCUT2D eigenvalue weighted by atomic mass is 32.1. The van der Waals surface area contributed by atoms with Gasteiger partial charge in [-0.3, -0.25) is 19.3 Å². The molecule has 25 heavy (non-hydrogen) atoms. The summed E-state index contributed by atoms with van der Waals surface area (Å²) >= 11 is 1.22. The Labute approximate surface area is 152 Å². The van der Waals surface area contributed by atoms with Gasteiger partial charge in [0.25, 0.3) is 5.91 Å². The Balaban J connectivity index is 2.14. The summed E-state index contributed by atoms with van der Waals surface area (Å²) in [5.41, 5.74) is -0.524. The van der Waals surface area contributed by atoms with Crippen LogP contribution >= 0.6 is 11.3 Å². The van der Waals surface area contributed by atoms with E-state index in [9.17, 15) is 14.4 Å². The van der Waals surface area contributed by atoms with Gasteiger partial charge >= 0.3 is 5.97 Å². The van der Waals surface area contributed by atoms with Gasteiger partial charge in [0.1, 0.15) is 5.69 Å². The predicted molar refractivity (Wildman–Crippen MR) is 95.7 cm³/mol. The maximum Gasteiger partial charge on any atom is 0.313 e. The fraction of sp³-hybridized carbons (Fsp3) is 0.647. The Kier molecular flexibility index (Phi) is 6.16. The van der Waals surface area contributed by atoms with Crippen LogP contribution in [0.5, 0.6) is 0 Å². The molecule has 1 aromatic rings. The third kappa shape index (κ3) is 4.36. The minimum Gasteiger partial charge on any atom is -0.469 e. The molecule has 1 atom stereocenters. The van der Waals surface area contributed by atoms with Gasteiger partial charge in [0.2, 0.25) is 6.41 Å². The molecule has 0 aromatic carbocycles. The van der Waals surface area contributed by atoms with Crippen molar-refractivity contribution >= 4 is 34.8 Å². The Morgan fingerprint density at radius 2 is 2.20 bits per heavy atom. The Morgan fingerprint density at radius 1 is 1.48 bits per heavy atom. The van der Waals surface area contributed by atoms with Crippen LogP contribution in [0.3, 0.4) is 0 Å². The number of amides is 2. The van der Waals surface area contributed by atoms with Crippen molar-refractivity contribution in [1.29, 1.82) is 0 Å². The number of carbonyl (C=O) groups is 3. The smallest absolute Gasteiger partial charge is 0.313 e. The number of ether oxygens (including phenoxy) is 1. The average Bonchev–Trinajstić information content (AvgIpc) is 3.08. The van der Waals surface area contributed by atoms with Crippen LogP contribution in [0.25, 0.3) is 0 Å². The largest absolute Gasteiger partial charge is 0.469 e. The normalized spacial score (nSPS) is 17.9. The zero-order valence-electron chi connectivity index (χ0n) is 15.2. The second kappa shape index (κ2) is 7.95. The molecular formula is C17H25N3O4S. The van der Waals surface area contributed by atoms with Crippen LogP contribution in [0.15, 0.2) is 5.38 Å². The molecule has 0 bridgehead atoms. The SMILES string of the molecule is COC(=O)C(C)(C)CN(C=O)c1nc(C(=O)N2CCCC[C@@H]2C)cs1. The van der Waals surface area contributed by atoms with Gasteiger partial charge in [0.05, 0.1) is 12.5 Å². The number of piperidine rings is 1. The van der Waals surface area contributed by atoms with Gasteiger partial charge in [0.15, 0.2) is 5.13 Å². The first-order chi connectivity index (χ1) is 11.8. The van der Waals surface area contributed by atoms with E-state index in [4.69, 9.17) is 4.74 Å². The highest BCUT2D eigenvalue weighted by Crippen LogP contribution is 2.27. The molecule has 138 valence electrons. The third-order valence-corrected chi connectivity index (χ3v) is 5.33. The third-order valence-electron chi connectivity index (χ3n) is 4.45. The van der Waals surface area contributed by atoms with Crippen LogP contribution in [0.2, 0.25) is 0 Å². The van der Waals surface area contributed by atoms with Crippen molar-refractivity contribution in [3.8, 4) is 0 Å². The molecular weight excluding hydrogens is 342 g/mol. The molecule has 0 unspecified atom stereocenters. The number of thiazole rings is 1. The number of esters is 1. The van der Waals surface area contributed by atoms with Crippen LogP contribution in [0, 0.1) is 5.41 Å². The summed E-state index contributed by atoms with van der Waals surface area (Å²) in [6, 6.07) is 0.201. The van der Waals surface area contributed by atoms with Crippen LogP contribution in [-0.2, 0) is 14.3 Å². The van der Waals surface area contributed by atoms with Gasteiger partial charge in [-0.2, -0.15) is 0 Å². The molecule has 2 rings (SSSR count). The molecule has 0 N–H and O–H groups in total. The minimum atomic E-state index is -0.868. The van der Waals surface area contributed by atoms with Crippen LogP contribution in [0.1, 0.15) is 50.5 Å². The first-order valence-electron chi connectivity index (χ1n) is 8.37. The predicted octanol–water partition coefficient (Wildman–Crippen LogP) is 2.32. The number of aromatic nitrogens is 1. The van der Waals surface area contributed by atoms with Crippen LogP contribution in [0.4, 0.5) is 5.13 Å². The van der Waals surface area contributed by atoms with E-state index in [1.807, 2.05) is 11.8 Å². The van der Waals surface area contributed by atoms with E-state index >= 15 is 0 Å². The van der Waals surface area contributed by atoms with Crippen molar-refractivity contribution in [3.05, 3.63) is 11.1 Å². The van der Waals surface area contributed by atoms with E-state index in [2.05, 4.69) is 4.98 Å². The first-order valence-corrected chi connectivity index (χ1v) is 9.25. The van der Waals surface area contributed by atoms with Gasteiger partial charge in [-0.05, 0) is 40.0 Å². The molecule has 1 aliphatic rings. The highest BCUT2D eigenvalue weighted by Gasteiger charge is 2.33. The van der Waals surface area contributed by atoms with E-state index < -0.39 is 11.4 Å². The number of likely N-dealkylation sites (tertiary alicyclic amines) is 1. The number of anilines is 1. The summed E-state index contributed by atoms with van der Waals surface area (Å²) in [6.07, 6.45) is 3.76. The molecule has 2 amide bonds. The number of hydrogen-bond acceptors (Lipinski definition) is 6. The van der Waals surface area contributed by atoms with Crippen molar-refractivity contribution in [2.75, 3.05) is 25.1 Å². The summed E-state index contributed by atoms with van der Waals surface area (Å²) in [4.78, 5) is 43.5. The number of rotatable bonds is 6. The van der Waals surface area contributed by atoms with E-state index in [0.29, 0.717) is 17.2 Å². The summed E-state index contributed by atoms with van der Waals surface area (Å²) in [5.74, 6) is -0.512. The Bertz CT molecular complexity index is 644. The molecule has 1 aromatic heterocycles. The van der Waals surface area contributed by atoms with E-state index in [-0.39, 0.29) is 18.5 Å². The van der Waals surface area contributed by atoms with Crippen molar-refractivity contribution in [1.82, 2.24) is 9.88 Å². The molecule has 1 aliphatic heterocycles. The second-order valence-corrected chi connectivity index (χ2v) is 7.80. The lowest BCUT2D eigenvalue weighted by atomic mass is 9.93. The van der Waals surface area contributed by atoms with Gasteiger partial charge < -0.3 is 9.64 Å². The van der Waals surface area contributed by atoms with Crippen LogP contribution in [-0.4, -0.2) is 54.4 Å². The van der Waals surface area contributed by atoms with Crippen molar-refractivity contribution in [2.45, 2.75) is 46.1 Å². The van der Waals surface area contributed by atoms with Crippen molar-refractivity contribution < 1.29 is 19.1 Å². The van der Waals surface area contributed by atoms with Crippen molar-refractivity contribution in [2.24, 2.45) is 5.41 Å². The van der Waals surface area contributed by atoms with E-state index in [1.54, 1.807) is 19.2 Å². The number of carbonyl (C=O) groups excluding carboxylic acids is 3. The zero-order chi connectivity index (χ0) is 18.6. The lowest BCUT2D eigenvalue weighted by Crippen LogP contribution is -2.42. The van der Waals surface area contributed by atoms with Gasteiger partial charge in [-0.25, -0.2) is 4.98 Å². The molecule has 2 heterocycles. The molecule has 0 saturated carbocycles. The number of methoxy groups -OCH3 is 1. The highest BCUT2D eigenvalue weighted by molar-refractivity contribution is 7.14. The monoisotopic (exact) mass is 367 g/mol. The quantitative estimate of drug-likeness (QED) is 0.569. The maximum atomic E-state index is 12.7. The summed E-state index contributed by atoms with van der Waals surface area (Å²) in [6.45, 7) is 6.31. The second-order valence-electron chi connectivity index (χ2n) is 6.97.